The van der Waals surface area contributed by atoms with Crippen molar-refractivity contribution in [3.05, 3.63) is 59.3 Å². The van der Waals surface area contributed by atoms with Crippen LogP contribution in [0.5, 0.6) is 0 Å². The van der Waals surface area contributed by atoms with Gasteiger partial charge in [0.25, 0.3) is 0 Å². The van der Waals surface area contributed by atoms with Gasteiger partial charge in [0.2, 0.25) is 0 Å². The average Bonchev–Trinajstić information content (AvgIpc) is 2.76. The molecule has 0 saturated heterocycles. The molecule has 96 valence electrons. The van der Waals surface area contributed by atoms with Crippen molar-refractivity contribution < 1.29 is 0 Å². The molecule has 0 spiro atoms. The van der Waals surface area contributed by atoms with Gasteiger partial charge in [-0.2, -0.15) is 5.10 Å². The van der Waals surface area contributed by atoms with E-state index in [0.29, 0.717) is 0 Å². The summed E-state index contributed by atoms with van der Waals surface area (Å²) in [6, 6.07) is 12.3. The first kappa shape index (κ1) is 11.8. The predicted octanol–water partition coefficient (Wildman–Crippen LogP) is 3.28. The molecule has 0 saturated carbocycles. The highest BCUT2D eigenvalue weighted by Gasteiger charge is 2.07. The maximum atomic E-state index is 5.86. The molecule has 0 amide bonds. The van der Waals surface area contributed by atoms with Crippen LogP contribution in [0.1, 0.15) is 16.7 Å². The van der Waals surface area contributed by atoms with Crippen molar-refractivity contribution in [2.45, 2.75) is 20.4 Å². The minimum Gasteiger partial charge on any atom is -0.399 e. The fourth-order valence-corrected chi connectivity index (χ4v) is 2.46. The zero-order valence-electron chi connectivity index (χ0n) is 11.2. The first-order valence-corrected chi connectivity index (χ1v) is 6.41. The molecule has 0 aliphatic heterocycles. The Morgan fingerprint density at radius 2 is 1.84 bits per heavy atom. The van der Waals surface area contributed by atoms with Crippen molar-refractivity contribution in [3.63, 3.8) is 0 Å². The number of hydrogen-bond donors (Lipinski definition) is 1. The van der Waals surface area contributed by atoms with Gasteiger partial charge in [-0.25, -0.2) is 0 Å². The molecule has 0 atom stereocenters. The Bertz CT molecular complexity index is 721. The zero-order chi connectivity index (χ0) is 13.4. The molecule has 19 heavy (non-hydrogen) atoms. The summed E-state index contributed by atoms with van der Waals surface area (Å²) < 4.78 is 2.01. The number of anilines is 1. The third kappa shape index (κ3) is 2.08. The van der Waals surface area contributed by atoms with Crippen LogP contribution in [0.15, 0.2) is 42.6 Å². The normalized spacial score (nSPS) is 11.1. The second-order valence-corrected chi connectivity index (χ2v) is 4.99. The van der Waals surface area contributed by atoms with Gasteiger partial charge in [-0.1, -0.05) is 18.2 Å². The molecule has 0 radical (unpaired) electrons. The number of benzene rings is 2. The Kier molecular flexibility index (Phi) is 2.75. The summed E-state index contributed by atoms with van der Waals surface area (Å²) in [6.07, 6.45) is 1.89. The molecule has 0 bridgehead atoms. The third-order valence-electron chi connectivity index (χ3n) is 3.62. The number of aryl methyl sites for hydroxylation is 2. The summed E-state index contributed by atoms with van der Waals surface area (Å²) in [4.78, 5) is 0. The second-order valence-electron chi connectivity index (χ2n) is 4.99. The summed E-state index contributed by atoms with van der Waals surface area (Å²) in [5, 5.41) is 5.60. The fourth-order valence-electron chi connectivity index (χ4n) is 2.46. The zero-order valence-corrected chi connectivity index (χ0v) is 11.2. The van der Waals surface area contributed by atoms with Crippen LogP contribution in [0, 0.1) is 13.8 Å². The highest BCUT2D eigenvalue weighted by molar-refractivity contribution is 5.81. The van der Waals surface area contributed by atoms with Crippen molar-refractivity contribution in [1.82, 2.24) is 9.78 Å². The first-order chi connectivity index (χ1) is 9.15. The number of nitrogen functional groups attached to an aromatic ring is 1. The minimum atomic E-state index is 0.774. The predicted molar refractivity (Wildman–Crippen MR) is 79.2 cm³/mol. The largest absolute Gasteiger partial charge is 0.399 e. The number of fused-ring (bicyclic) bond motifs is 1. The van der Waals surface area contributed by atoms with E-state index in [4.69, 9.17) is 5.73 Å². The molecule has 0 aliphatic rings. The lowest BCUT2D eigenvalue weighted by atomic mass is 10.0. The van der Waals surface area contributed by atoms with Gasteiger partial charge in [-0.05, 0) is 48.7 Å². The lowest BCUT2D eigenvalue weighted by Gasteiger charge is -2.10. The Hall–Kier alpha value is -2.29. The number of nitrogens with zero attached hydrogens (tertiary/aromatic N) is 2. The summed E-state index contributed by atoms with van der Waals surface area (Å²) >= 11 is 0. The van der Waals surface area contributed by atoms with Crippen LogP contribution >= 0.6 is 0 Å². The van der Waals surface area contributed by atoms with Crippen LogP contribution in [0.3, 0.4) is 0 Å². The highest BCUT2D eigenvalue weighted by Crippen LogP contribution is 2.20. The van der Waals surface area contributed by atoms with Crippen LogP contribution < -0.4 is 5.73 Å². The van der Waals surface area contributed by atoms with E-state index in [9.17, 15) is 0 Å². The molecule has 0 unspecified atom stereocenters. The van der Waals surface area contributed by atoms with Crippen molar-refractivity contribution >= 4 is 16.6 Å². The van der Waals surface area contributed by atoms with Crippen LogP contribution in [0.25, 0.3) is 10.9 Å². The van der Waals surface area contributed by atoms with Crippen molar-refractivity contribution in [2.75, 3.05) is 5.73 Å². The van der Waals surface area contributed by atoms with Gasteiger partial charge in [0, 0.05) is 11.1 Å². The molecule has 2 aromatic carbocycles. The van der Waals surface area contributed by atoms with Gasteiger partial charge in [0.15, 0.2) is 0 Å². The molecule has 1 heterocycles. The number of rotatable bonds is 2. The molecule has 2 N–H and O–H groups in total. The number of nitrogens with two attached hydrogens (primary N) is 1. The molecule has 3 nitrogen and oxygen atoms in total. The SMILES string of the molecule is Cc1cccc(C)c1Cn1ncc2ccc(N)cc21. The summed E-state index contributed by atoms with van der Waals surface area (Å²) in [5.74, 6) is 0. The molecule has 3 heteroatoms. The van der Waals surface area contributed by atoms with Crippen molar-refractivity contribution in [1.29, 1.82) is 0 Å². The molecule has 3 aromatic rings. The lowest BCUT2D eigenvalue weighted by molar-refractivity contribution is 0.706. The molecular formula is C16H17N3. The second kappa shape index (κ2) is 4.43. The number of hydrogen-bond acceptors (Lipinski definition) is 2. The van der Waals surface area contributed by atoms with E-state index in [1.54, 1.807) is 0 Å². The maximum Gasteiger partial charge on any atom is 0.0706 e. The van der Waals surface area contributed by atoms with E-state index in [0.717, 1.165) is 23.1 Å². The van der Waals surface area contributed by atoms with E-state index in [2.05, 4.69) is 37.1 Å². The van der Waals surface area contributed by atoms with Gasteiger partial charge in [0.1, 0.15) is 0 Å². The van der Waals surface area contributed by atoms with Crippen LogP contribution in [0.2, 0.25) is 0 Å². The topological polar surface area (TPSA) is 43.8 Å². The third-order valence-corrected chi connectivity index (χ3v) is 3.62. The van der Waals surface area contributed by atoms with E-state index in [1.165, 1.54) is 16.7 Å². The van der Waals surface area contributed by atoms with Gasteiger partial charge in [0.05, 0.1) is 18.3 Å². The van der Waals surface area contributed by atoms with E-state index >= 15 is 0 Å². The van der Waals surface area contributed by atoms with Crippen LogP contribution in [0.4, 0.5) is 5.69 Å². The molecule has 1 aromatic heterocycles. The molecule has 3 rings (SSSR count). The molecule has 0 fully saturated rings. The Balaban J connectivity index is 2.08. The summed E-state index contributed by atoms with van der Waals surface area (Å²) in [5.41, 5.74) is 11.6. The highest BCUT2D eigenvalue weighted by atomic mass is 15.3. The van der Waals surface area contributed by atoms with Gasteiger partial charge in [-0.3, -0.25) is 4.68 Å². The van der Waals surface area contributed by atoms with Crippen molar-refractivity contribution in [2.24, 2.45) is 0 Å². The van der Waals surface area contributed by atoms with Gasteiger partial charge >= 0.3 is 0 Å². The summed E-state index contributed by atoms with van der Waals surface area (Å²) in [6.45, 7) is 5.07. The van der Waals surface area contributed by atoms with E-state index in [1.807, 2.05) is 29.1 Å². The average molecular weight is 251 g/mol. The first-order valence-electron chi connectivity index (χ1n) is 6.41. The van der Waals surface area contributed by atoms with Crippen molar-refractivity contribution in [3.8, 4) is 0 Å². The minimum absolute atomic E-state index is 0.774. The Morgan fingerprint density at radius 1 is 1.11 bits per heavy atom. The van der Waals surface area contributed by atoms with Crippen LogP contribution in [-0.4, -0.2) is 9.78 Å². The Morgan fingerprint density at radius 3 is 2.58 bits per heavy atom. The van der Waals surface area contributed by atoms with E-state index in [-0.39, 0.29) is 0 Å². The lowest BCUT2D eigenvalue weighted by Crippen LogP contribution is -2.05. The molecule has 0 aliphatic carbocycles. The Labute approximate surface area is 112 Å². The quantitative estimate of drug-likeness (QED) is 0.710. The number of aromatic nitrogens is 2. The van der Waals surface area contributed by atoms with Crippen LogP contribution in [-0.2, 0) is 6.54 Å². The molecular weight excluding hydrogens is 234 g/mol. The smallest absolute Gasteiger partial charge is 0.0706 e. The van der Waals surface area contributed by atoms with E-state index < -0.39 is 0 Å². The summed E-state index contributed by atoms with van der Waals surface area (Å²) in [7, 11) is 0. The maximum absolute atomic E-state index is 5.86. The monoisotopic (exact) mass is 251 g/mol. The van der Waals surface area contributed by atoms with Gasteiger partial charge in [-0.15, -0.1) is 0 Å². The fraction of sp³-hybridized carbons (Fsp3) is 0.188. The van der Waals surface area contributed by atoms with Gasteiger partial charge < -0.3 is 5.73 Å². The standard InChI is InChI=1S/C16H17N3/c1-11-4-3-5-12(2)15(11)10-19-16-8-14(17)7-6-13(16)9-18-19/h3-9H,10,17H2,1-2H3.